The number of nitrogens with zero attached hydrogens (tertiary/aromatic N) is 1. The maximum absolute atomic E-state index is 11.9. The fourth-order valence-corrected chi connectivity index (χ4v) is 2.07. The standard InChI is InChI=1S/C14H19NO2/c1-4-12-9(3)8-11(14(16)17-5-2)13(15-12)10-6-7-10/h8,10H,4-7H2,1-3H3. The van der Waals surface area contributed by atoms with E-state index in [9.17, 15) is 4.79 Å². The van der Waals surface area contributed by atoms with Crippen LogP contribution in [0.15, 0.2) is 6.07 Å². The molecular weight excluding hydrogens is 214 g/mol. The Labute approximate surface area is 102 Å². The molecule has 17 heavy (non-hydrogen) atoms. The molecule has 0 N–H and O–H groups in total. The molecule has 2 rings (SSSR count). The van der Waals surface area contributed by atoms with Gasteiger partial charge in [-0.05, 0) is 44.7 Å². The molecule has 92 valence electrons. The third-order valence-corrected chi connectivity index (χ3v) is 3.14. The van der Waals surface area contributed by atoms with Crippen LogP contribution in [0.1, 0.15) is 59.9 Å². The number of hydrogen-bond donors (Lipinski definition) is 0. The molecule has 1 fully saturated rings. The predicted molar refractivity (Wildman–Crippen MR) is 66.3 cm³/mol. The summed E-state index contributed by atoms with van der Waals surface area (Å²) in [6.45, 7) is 6.34. The number of pyridine rings is 1. The quantitative estimate of drug-likeness (QED) is 0.750. The fourth-order valence-electron chi connectivity index (χ4n) is 2.07. The molecule has 1 heterocycles. The van der Waals surface area contributed by atoms with Crippen LogP contribution in [0.3, 0.4) is 0 Å². The fraction of sp³-hybridized carbons (Fsp3) is 0.571. The molecule has 0 unspecified atom stereocenters. The van der Waals surface area contributed by atoms with Gasteiger partial charge in [0.2, 0.25) is 0 Å². The third kappa shape index (κ3) is 2.48. The lowest BCUT2D eigenvalue weighted by molar-refractivity contribution is 0.0524. The smallest absolute Gasteiger partial charge is 0.339 e. The Morgan fingerprint density at radius 1 is 1.47 bits per heavy atom. The van der Waals surface area contributed by atoms with Crippen LogP contribution >= 0.6 is 0 Å². The minimum atomic E-state index is -0.229. The van der Waals surface area contributed by atoms with Crippen LogP contribution in [0.4, 0.5) is 0 Å². The maximum atomic E-state index is 11.9. The van der Waals surface area contributed by atoms with Crippen LogP contribution < -0.4 is 0 Å². The van der Waals surface area contributed by atoms with Gasteiger partial charge in [0.25, 0.3) is 0 Å². The summed E-state index contributed by atoms with van der Waals surface area (Å²) in [5.74, 6) is 0.243. The van der Waals surface area contributed by atoms with Gasteiger partial charge in [-0.3, -0.25) is 4.98 Å². The largest absolute Gasteiger partial charge is 0.462 e. The molecule has 0 atom stereocenters. The highest BCUT2D eigenvalue weighted by Crippen LogP contribution is 2.41. The van der Waals surface area contributed by atoms with Crippen molar-refractivity contribution in [1.82, 2.24) is 4.98 Å². The minimum Gasteiger partial charge on any atom is -0.462 e. The van der Waals surface area contributed by atoms with Crippen molar-refractivity contribution in [2.75, 3.05) is 6.61 Å². The lowest BCUT2D eigenvalue weighted by atomic mass is 10.0. The average Bonchev–Trinajstić information content (AvgIpc) is 3.13. The molecular formula is C14H19NO2. The van der Waals surface area contributed by atoms with E-state index in [4.69, 9.17) is 4.74 Å². The Bertz CT molecular complexity index is 436. The van der Waals surface area contributed by atoms with Crippen LogP contribution in [0.5, 0.6) is 0 Å². The summed E-state index contributed by atoms with van der Waals surface area (Å²) in [5.41, 5.74) is 3.80. The van der Waals surface area contributed by atoms with E-state index >= 15 is 0 Å². The van der Waals surface area contributed by atoms with E-state index in [2.05, 4.69) is 11.9 Å². The zero-order chi connectivity index (χ0) is 12.4. The monoisotopic (exact) mass is 233 g/mol. The molecule has 1 aliphatic carbocycles. The topological polar surface area (TPSA) is 39.2 Å². The molecule has 0 aromatic carbocycles. The highest BCUT2D eigenvalue weighted by molar-refractivity contribution is 5.91. The van der Waals surface area contributed by atoms with Gasteiger partial charge in [0.05, 0.1) is 17.9 Å². The number of hydrogen-bond acceptors (Lipinski definition) is 3. The van der Waals surface area contributed by atoms with Gasteiger partial charge in [-0.1, -0.05) is 6.92 Å². The summed E-state index contributed by atoms with van der Waals surface area (Å²) in [5, 5.41) is 0. The molecule has 0 saturated heterocycles. The number of carbonyl (C=O) groups is 1. The number of aromatic nitrogens is 1. The Morgan fingerprint density at radius 3 is 2.71 bits per heavy atom. The van der Waals surface area contributed by atoms with Crippen LogP contribution in [0.25, 0.3) is 0 Å². The predicted octanol–water partition coefficient (Wildman–Crippen LogP) is 3.01. The van der Waals surface area contributed by atoms with Crippen molar-refractivity contribution in [2.45, 2.75) is 46.0 Å². The van der Waals surface area contributed by atoms with Gasteiger partial charge in [0.15, 0.2) is 0 Å². The first-order valence-corrected chi connectivity index (χ1v) is 6.34. The van der Waals surface area contributed by atoms with Crippen LogP contribution in [-0.4, -0.2) is 17.6 Å². The van der Waals surface area contributed by atoms with Gasteiger partial charge in [-0.25, -0.2) is 4.79 Å². The van der Waals surface area contributed by atoms with Crippen molar-refractivity contribution in [3.05, 3.63) is 28.6 Å². The molecule has 1 aromatic rings. The molecule has 1 aromatic heterocycles. The molecule has 0 radical (unpaired) electrons. The Morgan fingerprint density at radius 2 is 2.18 bits per heavy atom. The molecule has 3 heteroatoms. The number of carbonyl (C=O) groups excluding carboxylic acids is 1. The van der Waals surface area contributed by atoms with Crippen molar-refractivity contribution in [1.29, 1.82) is 0 Å². The number of esters is 1. The van der Waals surface area contributed by atoms with Crippen molar-refractivity contribution in [3.8, 4) is 0 Å². The van der Waals surface area contributed by atoms with E-state index in [1.807, 2.05) is 19.9 Å². The average molecular weight is 233 g/mol. The SMILES string of the molecule is CCOC(=O)c1cc(C)c(CC)nc1C1CC1. The van der Waals surface area contributed by atoms with Gasteiger partial charge >= 0.3 is 5.97 Å². The van der Waals surface area contributed by atoms with Crippen molar-refractivity contribution in [3.63, 3.8) is 0 Å². The van der Waals surface area contributed by atoms with E-state index in [1.165, 1.54) is 0 Å². The zero-order valence-corrected chi connectivity index (χ0v) is 10.7. The van der Waals surface area contributed by atoms with Gasteiger partial charge in [-0.15, -0.1) is 0 Å². The molecule has 1 aliphatic rings. The molecule has 0 aliphatic heterocycles. The number of aryl methyl sites for hydroxylation is 2. The second-order valence-electron chi connectivity index (χ2n) is 4.53. The summed E-state index contributed by atoms with van der Waals surface area (Å²) in [6, 6.07) is 1.94. The summed E-state index contributed by atoms with van der Waals surface area (Å²) >= 11 is 0. The van der Waals surface area contributed by atoms with Gasteiger partial charge < -0.3 is 4.74 Å². The lowest BCUT2D eigenvalue weighted by Gasteiger charge is -2.11. The highest BCUT2D eigenvalue weighted by Gasteiger charge is 2.30. The minimum absolute atomic E-state index is 0.229. The van der Waals surface area contributed by atoms with Crippen LogP contribution in [-0.2, 0) is 11.2 Å². The van der Waals surface area contributed by atoms with Crippen molar-refractivity contribution >= 4 is 5.97 Å². The first-order chi connectivity index (χ1) is 8.17. The van der Waals surface area contributed by atoms with E-state index in [0.717, 1.165) is 36.2 Å². The Hall–Kier alpha value is -1.38. The number of ether oxygens (including phenoxy) is 1. The molecule has 0 amide bonds. The van der Waals surface area contributed by atoms with Gasteiger partial charge in [0, 0.05) is 11.6 Å². The van der Waals surface area contributed by atoms with E-state index in [0.29, 0.717) is 18.1 Å². The normalized spacial score (nSPS) is 14.8. The molecule has 0 spiro atoms. The third-order valence-electron chi connectivity index (χ3n) is 3.14. The first-order valence-electron chi connectivity index (χ1n) is 6.34. The van der Waals surface area contributed by atoms with Gasteiger partial charge in [0.1, 0.15) is 0 Å². The Kier molecular flexibility index (Phi) is 3.46. The zero-order valence-electron chi connectivity index (χ0n) is 10.7. The van der Waals surface area contributed by atoms with E-state index in [-0.39, 0.29) is 5.97 Å². The summed E-state index contributed by atoms with van der Waals surface area (Å²) < 4.78 is 5.10. The van der Waals surface area contributed by atoms with E-state index in [1.54, 1.807) is 0 Å². The molecule has 1 saturated carbocycles. The molecule has 3 nitrogen and oxygen atoms in total. The summed E-state index contributed by atoms with van der Waals surface area (Å²) in [7, 11) is 0. The summed E-state index contributed by atoms with van der Waals surface area (Å²) in [6.07, 6.45) is 3.20. The molecule has 0 bridgehead atoms. The highest BCUT2D eigenvalue weighted by atomic mass is 16.5. The van der Waals surface area contributed by atoms with Crippen molar-refractivity contribution in [2.24, 2.45) is 0 Å². The van der Waals surface area contributed by atoms with E-state index < -0.39 is 0 Å². The van der Waals surface area contributed by atoms with Crippen LogP contribution in [0, 0.1) is 6.92 Å². The van der Waals surface area contributed by atoms with Crippen LogP contribution in [0.2, 0.25) is 0 Å². The lowest BCUT2D eigenvalue weighted by Crippen LogP contribution is -2.11. The van der Waals surface area contributed by atoms with Crippen molar-refractivity contribution < 1.29 is 9.53 Å². The van der Waals surface area contributed by atoms with Gasteiger partial charge in [-0.2, -0.15) is 0 Å². The maximum Gasteiger partial charge on any atom is 0.339 e. The first kappa shape index (κ1) is 12.1. The summed E-state index contributed by atoms with van der Waals surface area (Å²) in [4.78, 5) is 16.5. The number of rotatable bonds is 4. The Balaban J connectivity index is 2.41. The second-order valence-corrected chi connectivity index (χ2v) is 4.53. The second kappa shape index (κ2) is 4.86.